The van der Waals surface area contributed by atoms with Crippen LogP contribution >= 0.6 is 15.9 Å². The average molecular weight is 242 g/mol. The van der Waals surface area contributed by atoms with Crippen LogP contribution in [0.15, 0.2) is 18.3 Å². The van der Waals surface area contributed by atoms with E-state index in [9.17, 15) is 4.79 Å². The van der Waals surface area contributed by atoms with Gasteiger partial charge in [0.25, 0.3) is 0 Å². The molecule has 13 heavy (non-hydrogen) atoms. The van der Waals surface area contributed by atoms with E-state index in [1.165, 1.54) is 0 Å². The summed E-state index contributed by atoms with van der Waals surface area (Å²) in [7, 11) is 0. The zero-order valence-corrected chi connectivity index (χ0v) is 8.44. The summed E-state index contributed by atoms with van der Waals surface area (Å²) < 4.78 is 0. The lowest BCUT2D eigenvalue weighted by Crippen LogP contribution is -2.25. The normalized spacial score (nSPS) is 22.4. The molecule has 0 aromatic carbocycles. The molecule has 0 saturated carbocycles. The second-order valence-corrected chi connectivity index (χ2v) is 4.18. The minimum Gasteiger partial charge on any atom is -0.294 e. The molecule has 0 aliphatic carbocycles. The highest BCUT2D eigenvalue weighted by molar-refractivity contribution is 9.09. The van der Waals surface area contributed by atoms with Gasteiger partial charge in [0.1, 0.15) is 0 Å². The number of carbonyl (C=O) groups excluding carboxylic acids is 1. The molecule has 68 valence electrons. The van der Waals surface area contributed by atoms with Crippen molar-refractivity contribution in [3.8, 4) is 0 Å². The van der Waals surface area contributed by atoms with Gasteiger partial charge in [-0.3, -0.25) is 9.69 Å². The van der Waals surface area contributed by atoms with E-state index in [0.717, 1.165) is 0 Å². The Kier molecular flexibility index (Phi) is 2.26. The number of aromatic nitrogens is 2. The first-order valence-corrected chi connectivity index (χ1v) is 4.91. The lowest BCUT2D eigenvalue weighted by Gasteiger charge is -2.12. The van der Waals surface area contributed by atoms with Crippen LogP contribution < -0.4 is 4.90 Å². The van der Waals surface area contributed by atoms with E-state index in [0.29, 0.717) is 18.8 Å². The third-order valence-corrected chi connectivity index (χ3v) is 2.53. The molecule has 1 atom stereocenters. The van der Waals surface area contributed by atoms with E-state index in [4.69, 9.17) is 0 Å². The Labute approximate surface area is 84.1 Å². The van der Waals surface area contributed by atoms with Gasteiger partial charge in [0.2, 0.25) is 5.91 Å². The van der Waals surface area contributed by atoms with E-state index in [1.54, 1.807) is 23.2 Å². The molecule has 0 radical (unpaired) electrons. The second-order valence-electron chi connectivity index (χ2n) is 2.89. The fourth-order valence-corrected chi connectivity index (χ4v) is 1.89. The van der Waals surface area contributed by atoms with Gasteiger partial charge >= 0.3 is 0 Å². The van der Waals surface area contributed by atoms with Crippen molar-refractivity contribution in [1.29, 1.82) is 0 Å². The highest BCUT2D eigenvalue weighted by Gasteiger charge is 2.29. The molecule has 1 aliphatic heterocycles. The molecule has 4 nitrogen and oxygen atoms in total. The van der Waals surface area contributed by atoms with Crippen LogP contribution in [0.1, 0.15) is 6.42 Å². The lowest BCUT2D eigenvalue weighted by atomic mass is 10.4. The molecule has 2 rings (SSSR count). The maximum atomic E-state index is 11.4. The van der Waals surface area contributed by atoms with Crippen LogP contribution in [-0.4, -0.2) is 27.5 Å². The molecule has 0 bridgehead atoms. The highest BCUT2D eigenvalue weighted by atomic mass is 79.9. The zero-order valence-electron chi connectivity index (χ0n) is 6.85. The van der Waals surface area contributed by atoms with Gasteiger partial charge in [0.15, 0.2) is 5.82 Å². The quantitative estimate of drug-likeness (QED) is 0.689. The summed E-state index contributed by atoms with van der Waals surface area (Å²) in [5.74, 6) is 0.733. The molecule has 2 heterocycles. The number of hydrogen-bond acceptors (Lipinski definition) is 3. The van der Waals surface area contributed by atoms with Gasteiger partial charge in [-0.15, -0.1) is 5.10 Å². The van der Waals surface area contributed by atoms with Crippen LogP contribution in [-0.2, 0) is 4.79 Å². The molecule has 5 heteroatoms. The van der Waals surface area contributed by atoms with Crippen molar-refractivity contribution < 1.29 is 4.79 Å². The van der Waals surface area contributed by atoms with Crippen molar-refractivity contribution in [2.24, 2.45) is 0 Å². The van der Waals surface area contributed by atoms with Crippen LogP contribution in [0, 0.1) is 0 Å². The molecule has 1 unspecified atom stereocenters. The summed E-state index contributed by atoms with van der Waals surface area (Å²) in [6.45, 7) is 0.678. The average Bonchev–Trinajstić information content (AvgIpc) is 2.47. The molecular weight excluding hydrogens is 234 g/mol. The van der Waals surface area contributed by atoms with Crippen LogP contribution in [0.25, 0.3) is 0 Å². The predicted octanol–water partition coefficient (Wildman–Crippen LogP) is 0.977. The van der Waals surface area contributed by atoms with E-state index in [2.05, 4.69) is 26.1 Å². The van der Waals surface area contributed by atoms with E-state index in [1.807, 2.05) is 0 Å². The molecule has 1 aliphatic rings. The summed E-state index contributed by atoms with van der Waals surface area (Å²) in [5, 5.41) is 7.61. The van der Waals surface area contributed by atoms with E-state index >= 15 is 0 Å². The van der Waals surface area contributed by atoms with Crippen molar-refractivity contribution >= 4 is 27.7 Å². The Morgan fingerprint density at radius 2 is 2.46 bits per heavy atom. The number of alkyl halides is 1. The lowest BCUT2D eigenvalue weighted by molar-refractivity contribution is -0.117. The standard InChI is InChI=1S/C8H8BrN3O/c9-6-4-8(13)12(5-6)7-2-1-3-10-11-7/h1-3,6H,4-5H2. The maximum Gasteiger partial charge on any atom is 0.229 e. The smallest absolute Gasteiger partial charge is 0.229 e. The summed E-state index contributed by atoms with van der Waals surface area (Å²) in [6, 6.07) is 3.56. The fourth-order valence-electron chi connectivity index (χ4n) is 1.32. The SMILES string of the molecule is O=C1CC(Br)CN1c1cccnn1. The van der Waals surface area contributed by atoms with Crippen LogP contribution in [0.3, 0.4) is 0 Å². The van der Waals surface area contributed by atoms with E-state index in [-0.39, 0.29) is 10.7 Å². The first-order chi connectivity index (χ1) is 6.27. The van der Waals surface area contributed by atoms with Gasteiger partial charge in [-0.2, -0.15) is 5.10 Å². The van der Waals surface area contributed by atoms with Gasteiger partial charge in [-0.25, -0.2) is 0 Å². The van der Waals surface area contributed by atoms with Gasteiger partial charge < -0.3 is 0 Å². The molecule has 1 saturated heterocycles. The molecule has 1 amide bonds. The third-order valence-electron chi connectivity index (χ3n) is 1.91. The summed E-state index contributed by atoms with van der Waals surface area (Å²) in [5.41, 5.74) is 0. The number of halogens is 1. The largest absolute Gasteiger partial charge is 0.294 e. The Bertz CT molecular complexity index is 316. The minimum atomic E-state index is 0.0994. The van der Waals surface area contributed by atoms with Gasteiger partial charge in [0, 0.05) is 24.0 Å². The molecule has 1 aromatic heterocycles. The number of nitrogens with zero attached hydrogens (tertiary/aromatic N) is 3. The van der Waals surface area contributed by atoms with Gasteiger partial charge in [0.05, 0.1) is 0 Å². The molecule has 0 N–H and O–H groups in total. The first-order valence-electron chi connectivity index (χ1n) is 3.99. The number of rotatable bonds is 1. The van der Waals surface area contributed by atoms with Crippen LogP contribution in [0.5, 0.6) is 0 Å². The predicted molar refractivity (Wildman–Crippen MR) is 51.7 cm³/mol. The van der Waals surface area contributed by atoms with Crippen molar-refractivity contribution in [3.05, 3.63) is 18.3 Å². The minimum absolute atomic E-state index is 0.0994. The van der Waals surface area contributed by atoms with Crippen molar-refractivity contribution in [3.63, 3.8) is 0 Å². The van der Waals surface area contributed by atoms with Crippen molar-refractivity contribution in [2.75, 3.05) is 11.4 Å². The zero-order chi connectivity index (χ0) is 9.26. The van der Waals surface area contributed by atoms with E-state index < -0.39 is 0 Å². The number of hydrogen-bond donors (Lipinski definition) is 0. The monoisotopic (exact) mass is 241 g/mol. The Balaban J connectivity index is 2.23. The topological polar surface area (TPSA) is 46.1 Å². The number of anilines is 1. The van der Waals surface area contributed by atoms with Crippen LogP contribution in [0.4, 0.5) is 5.82 Å². The first kappa shape index (κ1) is 8.62. The number of carbonyl (C=O) groups is 1. The summed E-state index contributed by atoms with van der Waals surface area (Å²) in [6.07, 6.45) is 2.13. The van der Waals surface area contributed by atoms with Crippen LogP contribution in [0.2, 0.25) is 0 Å². The summed E-state index contributed by atoms with van der Waals surface area (Å²) >= 11 is 3.41. The highest BCUT2D eigenvalue weighted by Crippen LogP contribution is 2.22. The Morgan fingerprint density at radius 1 is 1.62 bits per heavy atom. The second kappa shape index (κ2) is 3.41. The Morgan fingerprint density at radius 3 is 3.00 bits per heavy atom. The molecule has 1 aromatic rings. The number of amides is 1. The molecule has 0 spiro atoms. The van der Waals surface area contributed by atoms with Crippen molar-refractivity contribution in [1.82, 2.24) is 10.2 Å². The molecular formula is C8H8BrN3O. The maximum absolute atomic E-state index is 11.4. The van der Waals surface area contributed by atoms with Crippen molar-refractivity contribution in [2.45, 2.75) is 11.2 Å². The third kappa shape index (κ3) is 1.70. The van der Waals surface area contributed by atoms with Gasteiger partial charge in [-0.1, -0.05) is 15.9 Å². The summed E-state index contributed by atoms with van der Waals surface area (Å²) in [4.78, 5) is 13.3. The molecule has 1 fully saturated rings. The Hall–Kier alpha value is -0.970. The fraction of sp³-hybridized carbons (Fsp3) is 0.375. The van der Waals surface area contributed by atoms with Gasteiger partial charge in [-0.05, 0) is 12.1 Å².